The minimum Gasteiger partial charge on any atom is -0.483 e. The molecule has 0 aromatic heterocycles. The Hall–Kier alpha value is -2.87. The molecular formula is C24H25BrN2O5. The second-order valence-corrected chi connectivity index (χ2v) is 9.13. The third kappa shape index (κ3) is 3.88. The maximum atomic E-state index is 13.1. The van der Waals surface area contributed by atoms with E-state index in [0.29, 0.717) is 33.8 Å². The minimum atomic E-state index is -0.612. The highest BCUT2D eigenvalue weighted by Gasteiger charge is 2.52. The van der Waals surface area contributed by atoms with Gasteiger partial charge in [-0.15, -0.1) is 0 Å². The lowest BCUT2D eigenvalue weighted by atomic mass is 9.84. The standard InChI is InChI=1S/C24H25BrN2O5/c1-4-10-26-19(28)12-31-18-9-8-14(11-17(18)25)15-6-5-7-16-20(15)23-27(22(16)29)21(13(2)3)24(30)32-23/h5-9,11,13,15,21H,4,10,12H2,1-3H3,(H,26,28). The van der Waals surface area contributed by atoms with Gasteiger partial charge in [0.25, 0.3) is 11.8 Å². The van der Waals surface area contributed by atoms with E-state index in [1.165, 1.54) is 4.90 Å². The molecule has 3 aliphatic rings. The summed E-state index contributed by atoms with van der Waals surface area (Å²) in [5.74, 6) is -0.200. The first-order valence-electron chi connectivity index (χ1n) is 10.7. The maximum absolute atomic E-state index is 13.1. The Labute approximate surface area is 195 Å². The second kappa shape index (κ2) is 8.94. The smallest absolute Gasteiger partial charge is 0.336 e. The highest BCUT2D eigenvalue weighted by Crippen LogP contribution is 2.47. The normalized spacial score (nSPS) is 21.5. The van der Waals surface area contributed by atoms with Gasteiger partial charge >= 0.3 is 5.97 Å². The number of hydrogen-bond donors (Lipinski definition) is 1. The molecule has 168 valence electrons. The van der Waals surface area contributed by atoms with Crippen molar-refractivity contribution in [1.82, 2.24) is 10.2 Å². The summed E-state index contributed by atoms with van der Waals surface area (Å²) >= 11 is 3.52. The van der Waals surface area contributed by atoms with Crippen molar-refractivity contribution in [2.24, 2.45) is 5.92 Å². The van der Waals surface area contributed by atoms with Gasteiger partial charge in [-0.05, 0) is 52.0 Å². The van der Waals surface area contributed by atoms with Crippen LogP contribution in [0.5, 0.6) is 5.75 Å². The summed E-state index contributed by atoms with van der Waals surface area (Å²) in [6, 6.07) is 4.96. The van der Waals surface area contributed by atoms with Crippen LogP contribution in [0, 0.1) is 5.92 Å². The number of fused-ring (bicyclic) bond motifs is 2. The van der Waals surface area contributed by atoms with Crippen LogP contribution in [-0.2, 0) is 19.1 Å². The Kier molecular flexibility index (Phi) is 6.24. The van der Waals surface area contributed by atoms with Crippen molar-refractivity contribution in [3.8, 4) is 5.75 Å². The second-order valence-electron chi connectivity index (χ2n) is 8.28. The lowest BCUT2D eigenvalue weighted by Gasteiger charge is -2.20. The van der Waals surface area contributed by atoms with E-state index < -0.39 is 12.0 Å². The van der Waals surface area contributed by atoms with Gasteiger partial charge in [0.2, 0.25) is 5.88 Å². The molecule has 1 fully saturated rings. The Balaban J connectivity index is 1.60. The Morgan fingerprint density at radius 1 is 1.31 bits per heavy atom. The minimum absolute atomic E-state index is 0.0585. The van der Waals surface area contributed by atoms with Crippen LogP contribution in [0.1, 0.15) is 38.7 Å². The summed E-state index contributed by atoms with van der Waals surface area (Å²) in [4.78, 5) is 38.8. The number of benzene rings is 1. The summed E-state index contributed by atoms with van der Waals surface area (Å²) in [5, 5.41) is 2.77. The number of nitrogens with one attached hydrogen (secondary N) is 1. The lowest BCUT2D eigenvalue weighted by Crippen LogP contribution is -2.39. The van der Waals surface area contributed by atoms with Gasteiger partial charge in [0.1, 0.15) is 11.8 Å². The van der Waals surface area contributed by atoms with Crippen LogP contribution in [0.2, 0.25) is 0 Å². The molecule has 0 bridgehead atoms. The molecule has 7 nitrogen and oxygen atoms in total. The molecule has 2 unspecified atom stereocenters. The van der Waals surface area contributed by atoms with Crippen molar-refractivity contribution in [3.05, 3.63) is 63.5 Å². The number of rotatable bonds is 7. The van der Waals surface area contributed by atoms with E-state index in [0.717, 1.165) is 12.0 Å². The van der Waals surface area contributed by atoms with E-state index >= 15 is 0 Å². The average Bonchev–Trinajstić information content (AvgIpc) is 3.24. The van der Waals surface area contributed by atoms with Crippen molar-refractivity contribution >= 4 is 33.7 Å². The van der Waals surface area contributed by atoms with Crippen molar-refractivity contribution in [1.29, 1.82) is 0 Å². The van der Waals surface area contributed by atoms with Crippen molar-refractivity contribution < 1.29 is 23.9 Å². The molecule has 1 aliphatic carbocycles. The van der Waals surface area contributed by atoms with Crippen LogP contribution >= 0.6 is 15.9 Å². The zero-order chi connectivity index (χ0) is 23.0. The molecule has 0 spiro atoms. The van der Waals surface area contributed by atoms with Gasteiger partial charge in [-0.2, -0.15) is 0 Å². The van der Waals surface area contributed by atoms with Crippen LogP contribution in [0.3, 0.4) is 0 Å². The first kappa shape index (κ1) is 22.3. The summed E-state index contributed by atoms with van der Waals surface area (Å²) in [5.41, 5.74) is 2.16. The molecule has 32 heavy (non-hydrogen) atoms. The van der Waals surface area contributed by atoms with Gasteiger partial charge < -0.3 is 14.8 Å². The molecule has 2 amide bonds. The average molecular weight is 501 g/mol. The van der Waals surface area contributed by atoms with E-state index in [9.17, 15) is 14.4 Å². The first-order chi connectivity index (χ1) is 15.3. The number of carbonyl (C=O) groups is 3. The van der Waals surface area contributed by atoms with Gasteiger partial charge in [0.05, 0.1) is 4.47 Å². The van der Waals surface area contributed by atoms with Crippen LogP contribution in [-0.4, -0.2) is 41.9 Å². The maximum Gasteiger partial charge on any atom is 0.336 e. The monoisotopic (exact) mass is 500 g/mol. The van der Waals surface area contributed by atoms with Crippen LogP contribution < -0.4 is 10.1 Å². The zero-order valence-corrected chi connectivity index (χ0v) is 19.8. The van der Waals surface area contributed by atoms with Crippen molar-refractivity contribution in [3.63, 3.8) is 0 Å². The van der Waals surface area contributed by atoms with E-state index in [4.69, 9.17) is 9.47 Å². The number of carbonyl (C=O) groups excluding carboxylic acids is 3. The SMILES string of the molecule is CCCNC(=O)COc1ccc(C2C=CC=C3C(=O)N4C(=C32)OC(=O)C4C(C)C)cc1Br. The molecule has 2 aliphatic heterocycles. The summed E-state index contributed by atoms with van der Waals surface area (Å²) in [6.45, 7) is 6.33. The number of ether oxygens (including phenoxy) is 2. The highest BCUT2D eigenvalue weighted by atomic mass is 79.9. The molecule has 8 heteroatoms. The lowest BCUT2D eigenvalue weighted by molar-refractivity contribution is -0.139. The number of amides is 2. The third-order valence-electron chi connectivity index (χ3n) is 5.66. The Morgan fingerprint density at radius 2 is 2.09 bits per heavy atom. The molecule has 2 heterocycles. The van der Waals surface area contributed by atoms with Crippen LogP contribution in [0.4, 0.5) is 0 Å². The number of nitrogens with zero attached hydrogens (tertiary/aromatic N) is 1. The molecule has 1 saturated heterocycles. The fraction of sp³-hybridized carbons (Fsp3) is 0.375. The van der Waals surface area contributed by atoms with Crippen molar-refractivity contribution in [2.75, 3.05) is 13.2 Å². The summed E-state index contributed by atoms with van der Waals surface area (Å²) in [7, 11) is 0. The molecule has 1 aromatic carbocycles. The molecule has 4 rings (SSSR count). The summed E-state index contributed by atoms with van der Waals surface area (Å²) in [6.07, 6.45) is 6.46. The highest BCUT2D eigenvalue weighted by molar-refractivity contribution is 9.10. The molecular weight excluding hydrogens is 476 g/mol. The first-order valence-corrected chi connectivity index (χ1v) is 11.5. The number of halogens is 1. The fourth-order valence-electron chi connectivity index (χ4n) is 4.16. The fourth-order valence-corrected chi connectivity index (χ4v) is 4.67. The number of hydrogen-bond acceptors (Lipinski definition) is 5. The number of esters is 1. The zero-order valence-electron chi connectivity index (χ0n) is 18.2. The topological polar surface area (TPSA) is 84.9 Å². The van der Waals surface area contributed by atoms with Gasteiger partial charge in [0, 0.05) is 23.6 Å². The predicted octanol–water partition coefficient (Wildman–Crippen LogP) is 3.57. The molecule has 1 aromatic rings. The van der Waals surface area contributed by atoms with Gasteiger partial charge in [-0.25, -0.2) is 4.79 Å². The van der Waals surface area contributed by atoms with Crippen LogP contribution in [0.15, 0.2) is 57.9 Å². The van der Waals surface area contributed by atoms with E-state index in [2.05, 4.69) is 21.2 Å². The molecule has 0 saturated carbocycles. The molecule has 2 atom stereocenters. The van der Waals surface area contributed by atoms with Gasteiger partial charge in [-0.1, -0.05) is 39.0 Å². The summed E-state index contributed by atoms with van der Waals surface area (Å²) < 4.78 is 11.9. The molecule has 0 radical (unpaired) electrons. The largest absolute Gasteiger partial charge is 0.483 e. The third-order valence-corrected chi connectivity index (χ3v) is 6.28. The Bertz CT molecular complexity index is 1070. The predicted molar refractivity (Wildman–Crippen MR) is 121 cm³/mol. The van der Waals surface area contributed by atoms with Gasteiger partial charge in [0.15, 0.2) is 6.61 Å². The number of allylic oxidation sites excluding steroid dienone is 3. The van der Waals surface area contributed by atoms with Crippen LogP contribution in [0.25, 0.3) is 0 Å². The van der Waals surface area contributed by atoms with E-state index in [-0.39, 0.29) is 30.3 Å². The quantitative estimate of drug-likeness (QED) is 0.578. The van der Waals surface area contributed by atoms with E-state index in [1.807, 2.05) is 45.1 Å². The van der Waals surface area contributed by atoms with E-state index in [1.54, 1.807) is 12.1 Å². The van der Waals surface area contributed by atoms with Gasteiger partial charge in [-0.3, -0.25) is 14.5 Å². The molecule has 1 N–H and O–H groups in total. The van der Waals surface area contributed by atoms with Crippen molar-refractivity contribution in [2.45, 2.75) is 39.2 Å². The Morgan fingerprint density at radius 3 is 2.78 bits per heavy atom.